The third kappa shape index (κ3) is 5.85. The fourth-order valence-corrected chi connectivity index (χ4v) is 2.36. The number of carbonyl (C=O) groups excluding carboxylic acids is 1. The predicted octanol–water partition coefficient (Wildman–Crippen LogP) is 4.23. The normalized spacial score (nSPS) is 12.2. The van der Waals surface area contributed by atoms with Gasteiger partial charge in [0, 0.05) is 18.6 Å². The van der Waals surface area contributed by atoms with Crippen LogP contribution in [0.3, 0.4) is 0 Å². The van der Waals surface area contributed by atoms with Gasteiger partial charge in [-0.3, -0.25) is 0 Å². The molecule has 2 aromatic carbocycles. The highest BCUT2D eigenvalue weighted by atomic mass is 16.6. The summed E-state index contributed by atoms with van der Waals surface area (Å²) >= 11 is 0. The molecule has 2 rings (SSSR count). The van der Waals surface area contributed by atoms with Crippen molar-refractivity contribution >= 4 is 16.9 Å². The minimum atomic E-state index is -0.479. The number of carbonyl (C=O) groups is 1. The Morgan fingerprint density at radius 2 is 1.67 bits per heavy atom. The molecular weight excluding hydrogens is 300 g/mol. The first kappa shape index (κ1) is 18.3. The molecule has 0 aliphatic heterocycles. The van der Waals surface area contributed by atoms with Crippen molar-refractivity contribution in [3.05, 3.63) is 48.0 Å². The summed E-state index contributed by atoms with van der Waals surface area (Å²) in [7, 11) is 0. The van der Waals surface area contributed by atoms with E-state index in [1.807, 2.05) is 32.9 Å². The molecule has 2 aromatic rings. The largest absolute Gasteiger partial charge is 0.444 e. The SMILES string of the molecule is CC(C)(CNC(=O)OC(C)(C)C)NCc1ccc2ccccc2c1. The molecule has 4 heteroatoms. The van der Waals surface area contributed by atoms with Gasteiger partial charge < -0.3 is 15.4 Å². The Labute approximate surface area is 144 Å². The molecule has 0 spiro atoms. The zero-order valence-corrected chi connectivity index (χ0v) is 15.3. The Kier molecular flexibility index (Phi) is 5.50. The molecule has 1 amide bonds. The number of ether oxygens (including phenoxy) is 1. The van der Waals surface area contributed by atoms with Crippen LogP contribution < -0.4 is 10.6 Å². The Hall–Kier alpha value is -2.07. The van der Waals surface area contributed by atoms with E-state index in [9.17, 15) is 4.79 Å². The molecule has 0 aliphatic carbocycles. The van der Waals surface area contributed by atoms with Gasteiger partial charge in [0.25, 0.3) is 0 Å². The van der Waals surface area contributed by atoms with Crippen molar-refractivity contribution in [1.82, 2.24) is 10.6 Å². The first-order valence-electron chi connectivity index (χ1n) is 8.34. The lowest BCUT2D eigenvalue weighted by atomic mass is 10.0. The fraction of sp³-hybridized carbons (Fsp3) is 0.450. The Bertz CT molecular complexity index is 702. The van der Waals surface area contributed by atoms with Crippen LogP contribution in [-0.4, -0.2) is 23.8 Å². The molecule has 130 valence electrons. The lowest BCUT2D eigenvalue weighted by Crippen LogP contribution is -2.49. The van der Waals surface area contributed by atoms with Crippen LogP contribution in [0, 0.1) is 0 Å². The van der Waals surface area contributed by atoms with Crippen LogP contribution in [0.2, 0.25) is 0 Å². The van der Waals surface area contributed by atoms with Gasteiger partial charge in [0.1, 0.15) is 5.60 Å². The van der Waals surface area contributed by atoms with Gasteiger partial charge >= 0.3 is 6.09 Å². The van der Waals surface area contributed by atoms with E-state index < -0.39 is 5.60 Å². The zero-order valence-electron chi connectivity index (χ0n) is 15.3. The summed E-state index contributed by atoms with van der Waals surface area (Å²) in [6.45, 7) is 10.9. The van der Waals surface area contributed by atoms with E-state index in [0.29, 0.717) is 6.54 Å². The topological polar surface area (TPSA) is 50.4 Å². The molecule has 0 unspecified atom stereocenters. The molecule has 2 N–H and O–H groups in total. The fourth-order valence-electron chi connectivity index (χ4n) is 2.36. The number of hydrogen-bond acceptors (Lipinski definition) is 3. The monoisotopic (exact) mass is 328 g/mol. The molecule has 0 saturated carbocycles. The maximum absolute atomic E-state index is 11.8. The molecule has 4 nitrogen and oxygen atoms in total. The minimum absolute atomic E-state index is 0.234. The number of fused-ring (bicyclic) bond motifs is 1. The molecule has 0 aromatic heterocycles. The maximum Gasteiger partial charge on any atom is 0.407 e. The zero-order chi connectivity index (χ0) is 17.8. The molecule has 0 bridgehead atoms. The number of nitrogens with one attached hydrogen (secondary N) is 2. The van der Waals surface area contributed by atoms with Gasteiger partial charge in [0.2, 0.25) is 0 Å². The van der Waals surface area contributed by atoms with Crippen LogP contribution in [0.4, 0.5) is 4.79 Å². The summed E-state index contributed by atoms with van der Waals surface area (Å²) in [5.74, 6) is 0. The molecule has 0 aliphatic rings. The molecule has 0 fully saturated rings. The van der Waals surface area contributed by atoms with E-state index in [-0.39, 0.29) is 11.6 Å². The minimum Gasteiger partial charge on any atom is -0.444 e. The maximum atomic E-state index is 11.8. The van der Waals surface area contributed by atoms with Crippen molar-refractivity contribution in [1.29, 1.82) is 0 Å². The van der Waals surface area contributed by atoms with Crippen molar-refractivity contribution in [3.63, 3.8) is 0 Å². The van der Waals surface area contributed by atoms with Gasteiger partial charge in [-0.15, -0.1) is 0 Å². The average Bonchev–Trinajstić information content (AvgIpc) is 2.49. The van der Waals surface area contributed by atoms with Crippen LogP contribution in [-0.2, 0) is 11.3 Å². The second-order valence-electron chi connectivity index (χ2n) is 7.77. The first-order valence-corrected chi connectivity index (χ1v) is 8.34. The number of rotatable bonds is 5. The summed E-state index contributed by atoms with van der Waals surface area (Å²) in [5.41, 5.74) is 0.508. The number of amides is 1. The van der Waals surface area contributed by atoms with E-state index in [1.165, 1.54) is 16.3 Å². The molecule has 0 saturated heterocycles. The highest BCUT2D eigenvalue weighted by molar-refractivity contribution is 5.82. The molecule has 24 heavy (non-hydrogen) atoms. The van der Waals surface area contributed by atoms with Crippen LogP contribution in [0.5, 0.6) is 0 Å². The van der Waals surface area contributed by atoms with Crippen molar-refractivity contribution < 1.29 is 9.53 Å². The molecule has 0 atom stereocenters. The smallest absolute Gasteiger partial charge is 0.407 e. The van der Waals surface area contributed by atoms with Gasteiger partial charge in [0.15, 0.2) is 0 Å². The van der Waals surface area contributed by atoms with E-state index in [1.54, 1.807) is 0 Å². The van der Waals surface area contributed by atoms with Crippen LogP contribution in [0.1, 0.15) is 40.2 Å². The highest BCUT2D eigenvalue weighted by Crippen LogP contribution is 2.16. The lowest BCUT2D eigenvalue weighted by molar-refractivity contribution is 0.0513. The Morgan fingerprint density at radius 3 is 2.33 bits per heavy atom. The van der Waals surface area contributed by atoms with Crippen LogP contribution in [0.25, 0.3) is 10.8 Å². The summed E-state index contributed by atoms with van der Waals surface area (Å²) < 4.78 is 5.27. The van der Waals surface area contributed by atoms with Gasteiger partial charge in [-0.05, 0) is 57.0 Å². The van der Waals surface area contributed by atoms with Gasteiger partial charge in [-0.1, -0.05) is 36.4 Å². The Morgan fingerprint density at radius 1 is 1.00 bits per heavy atom. The first-order chi connectivity index (χ1) is 11.1. The van der Waals surface area contributed by atoms with E-state index in [2.05, 4.69) is 54.8 Å². The average molecular weight is 328 g/mol. The quantitative estimate of drug-likeness (QED) is 0.863. The van der Waals surface area contributed by atoms with Crippen molar-refractivity contribution in [2.45, 2.75) is 52.3 Å². The molecule has 0 heterocycles. The number of alkyl carbamates (subject to hydrolysis) is 1. The molecule has 0 radical (unpaired) electrons. The van der Waals surface area contributed by atoms with Crippen molar-refractivity contribution in [2.24, 2.45) is 0 Å². The number of hydrogen-bond donors (Lipinski definition) is 2. The molecular formula is C20H28N2O2. The van der Waals surface area contributed by atoms with E-state index in [0.717, 1.165) is 6.54 Å². The van der Waals surface area contributed by atoms with Gasteiger partial charge in [-0.25, -0.2) is 4.79 Å². The number of benzene rings is 2. The van der Waals surface area contributed by atoms with Crippen LogP contribution in [0.15, 0.2) is 42.5 Å². The standard InChI is InChI=1S/C20H28N2O2/c1-19(2,3)24-18(23)21-14-20(4,5)22-13-15-10-11-16-8-6-7-9-17(16)12-15/h6-12,22H,13-14H2,1-5H3,(H,21,23). The van der Waals surface area contributed by atoms with E-state index in [4.69, 9.17) is 4.74 Å². The van der Waals surface area contributed by atoms with Crippen molar-refractivity contribution in [2.75, 3.05) is 6.54 Å². The summed E-state index contributed by atoms with van der Waals surface area (Å²) in [5, 5.41) is 8.79. The van der Waals surface area contributed by atoms with Crippen LogP contribution >= 0.6 is 0 Å². The second-order valence-corrected chi connectivity index (χ2v) is 7.77. The van der Waals surface area contributed by atoms with E-state index >= 15 is 0 Å². The van der Waals surface area contributed by atoms with Gasteiger partial charge in [-0.2, -0.15) is 0 Å². The highest BCUT2D eigenvalue weighted by Gasteiger charge is 2.21. The van der Waals surface area contributed by atoms with Gasteiger partial charge in [0.05, 0.1) is 0 Å². The third-order valence-electron chi connectivity index (χ3n) is 3.66. The lowest BCUT2D eigenvalue weighted by Gasteiger charge is -2.28. The third-order valence-corrected chi connectivity index (χ3v) is 3.66. The predicted molar refractivity (Wildman–Crippen MR) is 99.1 cm³/mol. The second kappa shape index (κ2) is 7.22. The Balaban J connectivity index is 1.88. The van der Waals surface area contributed by atoms with Crippen molar-refractivity contribution in [3.8, 4) is 0 Å². The summed E-state index contributed by atoms with van der Waals surface area (Å²) in [6, 6.07) is 14.8. The summed E-state index contributed by atoms with van der Waals surface area (Å²) in [6.07, 6.45) is -0.386. The summed E-state index contributed by atoms with van der Waals surface area (Å²) in [4.78, 5) is 11.8.